The molecular formula is C19H20N4OS. The Hall–Kier alpha value is -2.73. The van der Waals surface area contributed by atoms with Crippen LogP contribution in [-0.2, 0) is 11.3 Å². The van der Waals surface area contributed by atoms with Gasteiger partial charge in [-0.05, 0) is 44.3 Å². The zero-order valence-electron chi connectivity index (χ0n) is 14.3. The van der Waals surface area contributed by atoms with Crippen LogP contribution in [0.25, 0.3) is 11.4 Å². The van der Waals surface area contributed by atoms with Gasteiger partial charge in [0.15, 0.2) is 10.6 Å². The van der Waals surface area contributed by atoms with E-state index in [0.29, 0.717) is 17.1 Å². The summed E-state index contributed by atoms with van der Waals surface area (Å²) in [5, 5.41) is 7.12. The lowest BCUT2D eigenvalue weighted by molar-refractivity contribution is -0.119. The number of hydrogen-bond acceptors (Lipinski definition) is 3. The molecule has 0 aliphatic carbocycles. The number of anilines is 1. The molecule has 0 spiro atoms. The number of para-hydroxylation sites is 1. The Morgan fingerprint density at radius 2 is 1.96 bits per heavy atom. The van der Waals surface area contributed by atoms with E-state index >= 15 is 0 Å². The van der Waals surface area contributed by atoms with Crippen LogP contribution in [-0.4, -0.2) is 27.2 Å². The smallest absolute Gasteiger partial charge is 0.247 e. The van der Waals surface area contributed by atoms with E-state index in [1.807, 2.05) is 68.4 Å². The summed E-state index contributed by atoms with van der Waals surface area (Å²) < 4.78 is 2.19. The molecule has 0 bridgehead atoms. The van der Waals surface area contributed by atoms with Crippen molar-refractivity contribution < 1.29 is 4.79 Å². The van der Waals surface area contributed by atoms with Gasteiger partial charge in [0.25, 0.3) is 0 Å². The Balaban J connectivity index is 1.92. The molecule has 0 radical (unpaired) electrons. The molecule has 6 heteroatoms. The molecule has 1 aromatic heterocycles. The molecule has 0 atom stereocenters. The first kappa shape index (κ1) is 17.1. The molecule has 1 heterocycles. The first-order valence-electron chi connectivity index (χ1n) is 8.18. The highest BCUT2D eigenvalue weighted by molar-refractivity contribution is 7.71. The molecule has 1 amide bonds. The predicted molar refractivity (Wildman–Crippen MR) is 102 cm³/mol. The van der Waals surface area contributed by atoms with E-state index in [1.165, 1.54) is 0 Å². The number of likely N-dealkylation sites (N-methyl/N-ethyl adjacent to an activating group) is 1. The zero-order valence-corrected chi connectivity index (χ0v) is 15.1. The minimum Gasteiger partial charge on any atom is -0.311 e. The van der Waals surface area contributed by atoms with E-state index in [9.17, 15) is 4.79 Å². The lowest BCUT2D eigenvalue weighted by atomic mass is 10.1. The Morgan fingerprint density at radius 3 is 2.64 bits per heavy atom. The second-order valence-corrected chi connectivity index (χ2v) is 6.17. The van der Waals surface area contributed by atoms with Crippen molar-refractivity contribution in [1.29, 1.82) is 0 Å². The summed E-state index contributed by atoms with van der Waals surface area (Å²) in [4.78, 5) is 14.6. The van der Waals surface area contributed by atoms with Gasteiger partial charge in [0.1, 0.15) is 6.54 Å². The van der Waals surface area contributed by atoms with Crippen LogP contribution in [0.2, 0.25) is 0 Å². The van der Waals surface area contributed by atoms with Crippen molar-refractivity contribution in [3.8, 4) is 11.4 Å². The molecule has 3 aromatic rings. The second kappa shape index (κ2) is 7.44. The lowest BCUT2D eigenvalue weighted by Gasteiger charge is -2.21. The van der Waals surface area contributed by atoms with Crippen LogP contribution < -0.4 is 4.90 Å². The Kier molecular flexibility index (Phi) is 5.09. The Bertz CT molecular complexity index is 930. The number of aryl methyl sites for hydroxylation is 1. The van der Waals surface area contributed by atoms with Gasteiger partial charge in [0.2, 0.25) is 5.91 Å². The molecule has 0 aliphatic rings. The summed E-state index contributed by atoms with van der Waals surface area (Å²) in [7, 11) is 0. The average Bonchev–Trinajstić information content (AvgIpc) is 2.97. The van der Waals surface area contributed by atoms with Crippen molar-refractivity contribution >= 4 is 23.8 Å². The van der Waals surface area contributed by atoms with Gasteiger partial charge in [0.05, 0.1) is 0 Å². The maximum Gasteiger partial charge on any atom is 0.247 e. The van der Waals surface area contributed by atoms with E-state index < -0.39 is 0 Å². The standard InChI is InChI=1S/C19H20N4OS/c1-3-22(16-10-5-4-6-11-16)17(24)13-23-18(20-21-19(23)25)15-9-7-8-14(2)12-15/h4-12H,3,13H2,1-2H3,(H,21,25). The van der Waals surface area contributed by atoms with Gasteiger partial charge in [-0.15, -0.1) is 0 Å². The Morgan fingerprint density at radius 1 is 1.20 bits per heavy atom. The van der Waals surface area contributed by atoms with Gasteiger partial charge in [-0.3, -0.25) is 14.5 Å². The summed E-state index contributed by atoms with van der Waals surface area (Å²) in [5.74, 6) is 0.645. The minimum atomic E-state index is -0.0277. The minimum absolute atomic E-state index is 0.0277. The molecule has 0 fully saturated rings. The number of rotatable bonds is 5. The van der Waals surface area contributed by atoms with Gasteiger partial charge in [-0.25, -0.2) is 0 Å². The number of benzene rings is 2. The van der Waals surface area contributed by atoms with E-state index in [0.717, 1.165) is 16.8 Å². The van der Waals surface area contributed by atoms with E-state index in [1.54, 1.807) is 9.47 Å². The number of H-pyrrole nitrogens is 1. The second-order valence-electron chi connectivity index (χ2n) is 5.78. The largest absolute Gasteiger partial charge is 0.311 e. The third-order valence-electron chi connectivity index (χ3n) is 4.01. The van der Waals surface area contributed by atoms with Crippen molar-refractivity contribution in [3.05, 3.63) is 64.9 Å². The van der Waals surface area contributed by atoms with Crippen molar-refractivity contribution in [2.75, 3.05) is 11.4 Å². The van der Waals surface area contributed by atoms with Crippen molar-refractivity contribution in [2.24, 2.45) is 0 Å². The van der Waals surface area contributed by atoms with Gasteiger partial charge >= 0.3 is 0 Å². The molecule has 0 saturated carbocycles. The van der Waals surface area contributed by atoms with Crippen molar-refractivity contribution in [1.82, 2.24) is 14.8 Å². The topological polar surface area (TPSA) is 53.9 Å². The lowest BCUT2D eigenvalue weighted by Crippen LogP contribution is -2.33. The fourth-order valence-corrected chi connectivity index (χ4v) is 3.00. The van der Waals surface area contributed by atoms with Crippen LogP contribution in [0.3, 0.4) is 0 Å². The quantitative estimate of drug-likeness (QED) is 0.707. The maximum absolute atomic E-state index is 12.9. The number of nitrogens with zero attached hydrogens (tertiary/aromatic N) is 3. The number of amides is 1. The maximum atomic E-state index is 12.9. The summed E-state index contributed by atoms with van der Waals surface area (Å²) in [6, 6.07) is 17.6. The summed E-state index contributed by atoms with van der Waals surface area (Å²) in [6.07, 6.45) is 0. The number of carbonyl (C=O) groups is 1. The molecule has 3 rings (SSSR count). The number of hydrogen-bond donors (Lipinski definition) is 1. The predicted octanol–water partition coefficient (Wildman–Crippen LogP) is 3.97. The highest BCUT2D eigenvalue weighted by Crippen LogP contribution is 2.20. The molecule has 128 valence electrons. The zero-order chi connectivity index (χ0) is 17.8. The fraction of sp³-hybridized carbons (Fsp3) is 0.211. The van der Waals surface area contributed by atoms with Crippen LogP contribution in [0.15, 0.2) is 54.6 Å². The Labute approximate surface area is 151 Å². The van der Waals surface area contributed by atoms with Crippen LogP contribution in [0.1, 0.15) is 12.5 Å². The van der Waals surface area contributed by atoms with Crippen LogP contribution >= 0.6 is 12.2 Å². The molecule has 0 saturated heterocycles. The molecule has 1 N–H and O–H groups in total. The van der Waals surface area contributed by atoms with Crippen LogP contribution in [0.5, 0.6) is 0 Å². The van der Waals surface area contributed by atoms with Gasteiger partial charge in [-0.1, -0.05) is 42.0 Å². The van der Waals surface area contributed by atoms with E-state index in [4.69, 9.17) is 12.2 Å². The molecule has 0 unspecified atom stereocenters. The third-order valence-corrected chi connectivity index (χ3v) is 4.32. The van der Waals surface area contributed by atoms with Crippen LogP contribution in [0.4, 0.5) is 5.69 Å². The summed E-state index contributed by atoms with van der Waals surface area (Å²) in [6.45, 7) is 4.71. The van der Waals surface area contributed by atoms with Crippen LogP contribution in [0, 0.1) is 11.7 Å². The SMILES string of the molecule is CCN(C(=O)Cn1c(-c2cccc(C)c2)n[nH]c1=S)c1ccccc1. The average molecular weight is 352 g/mol. The molecule has 0 aliphatic heterocycles. The number of aromatic nitrogens is 3. The third kappa shape index (κ3) is 3.69. The molecule has 2 aromatic carbocycles. The van der Waals surface area contributed by atoms with Crippen molar-refractivity contribution in [2.45, 2.75) is 20.4 Å². The summed E-state index contributed by atoms with van der Waals surface area (Å²) >= 11 is 5.34. The molecular weight excluding hydrogens is 332 g/mol. The number of aromatic amines is 1. The molecule has 25 heavy (non-hydrogen) atoms. The highest BCUT2D eigenvalue weighted by Gasteiger charge is 2.18. The number of nitrogens with one attached hydrogen (secondary N) is 1. The first-order chi connectivity index (χ1) is 12.1. The van der Waals surface area contributed by atoms with Gasteiger partial charge < -0.3 is 4.90 Å². The fourth-order valence-electron chi connectivity index (χ4n) is 2.80. The van der Waals surface area contributed by atoms with E-state index in [2.05, 4.69) is 10.2 Å². The summed E-state index contributed by atoms with van der Waals surface area (Å²) in [5.41, 5.74) is 2.94. The van der Waals surface area contributed by atoms with Gasteiger partial charge in [-0.2, -0.15) is 5.10 Å². The highest BCUT2D eigenvalue weighted by atomic mass is 32.1. The normalized spacial score (nSPS) is 10.6. The van der Waals surface area contributed by atoms with Gasteiger partial charge in [0, 0.05) is 17.8 Å². The number of carbonyl (C=O) groups excluding carboxylic acids is 1. The van der Waals surface area contributed by atoms with E-state index in [-0.39, 0.29) is 12.5 Å². The molecule has 5 nitrogen and oxygen atoms in total. The first-order valence-corrected chi connectivity index (χ1v) is 8.58. The monoisotopic (exact) mass is 352 g/mol. The van der Waals surface area contributed by atoms with Crippen molar-refractivity contribution in [3.63, 3.8) is 0 Å².